The van der Waals surface area contributed by atoms with E-state index in [0.717, 1.165) is 41.8 Å². The van der Waals surface area contributed by atoms with Crippen molar-refractivity contribution in [3.05, 3.63) is 30.0 Å². The average molecular weight is 313 g/mol. The van der Waals surface area contributed by atoms with E-state index < -0.39 is 0 Å². The summed E-state index contributed by atoms with van der Waals surface area (Å²) in [6.45, 7) is 8.37. The zero-order valence-corrected chi connectivity index (χ0v) is 14.3. The van der Waals surface area contributed by atoms with Crippen LogP contribution in [0, 0.1) is 11.3 Å². The van der Waals surface area contributed by atoms with Crippen LogP contribution in [0.25, 0.3) is 10.9 Å². The van der Waals surface area contributed by atoms with Gasteiger partial charge >= 0.3 is 0 Å². The van der Waals surface area contributed by atoms with Crippen molar-refractivity contribution in [2.45, 2.75) is 39.5 Å². The van der Waals surface area contributed by atoms with Crippen molar-refractivity contribution in [3.8, 4) is 11.8 Å². The second-order valence-corrected chi connectivity index (χ2v) is 5.61. The molecule has 2 heterocycles. The van der Waals surface area contributed by atoms with Gasteiger partial charge in [-0.25, -0.2) is 0 Å². The number of aromatic nitrogens is 1. The first kappa shape index (κ1) is 17.4. The van der Waals surface area contributed by atoms with Crippen LogP contribution >= 0.6 is 0 Å². The largest absolute Gasteiger partial charge is 0.494 e. The molecule has 0 unspecified atom stereocenters. The molecular weight excluding hydrogens is 286 g/mol. The van der Waals surface area contributed by atoms with Crippen LogP contribution in [0.4, 0.5) is 0 Å². The Morgan fingerprint density at radius 1 is 1.26 bits per heavy atom. The first-order chi connectivity index (χ1) is 11.4. The van der Waals surface area contributed by atoms with Gasteiger partial charge in [0.15, 0.2) is 0 Å². The van der Waals surface area contributed by atoms with Crippen LogP contribution in [-0.4, -0.2) is 36.1 Å². The summed E-state index contributed by atoms with van der Waals surface area (Å²) in [6.07, 6.45) is 6.08. The Bertz CT molecular complexity index is 636. The molecule has 23 heavy (non-hydrogen) atoms. The molecule has 1 aromatic carbocycles. The molecule has 4 nitrogen and oxygen atoms in total. The van der Waals surface area contributed by atoms with Crippen LogP contribution in [0.3, 0.4) is 0 Å². The summed E-state index contributed by atoms with van der Waals surface area (Å²) in [5, 5.41) is 9.94. The van der Waals surface area contributed by atoms with Crippen LogP contribution in [0.5, 0.6) is 5.75 Å². The van der Waals surface area contributed by atoms with Crippen molar-refractivity contribution in [2.24, 2.45) is 0 Å². The first-order valence-corrected chi connectivity index (χ1v) is 8.69. The number of fused-ring (bicyclic) bond motifs is 1. The van der Waals surface area contributed by atoms with E-state index in [0.29, 0.717) is 6.42 Å². The molecule has 1 fully saturated rings. The fourth-order valence-electron chi connectivity index (χ4n) is 2.96. The van der Waals surface area contributed by atoms with Crippen LogP contribution in [0.15, 0.2) is 24.4 Å². The van der Waals surface area contributed by atoms with Gasteiger partial charge in [0.2, 0.25) is 0 Å². The van der Waals surface area contributed by atoms with Crippen molar-refractivity contribution in [2.75, 3.05) is 26.2 Å². The topological polar surface area (TPSA) is 52.1 Å². The van der Waals surface area contributed by atoms with E-state index in [9.17, 15) is 0 Å². The number of nitriles is 1. The lowest BCUT2D eigenvalue weighted by Gasteiger charge is -2.14. The molecule has 4 heteroatoms. The van der Waals surface area contributed by atoms with Gasteiger partial charge in [-0.1, -0.05) is 13.8 Å². The van der Waals surface area contributed by atoms with Crippen molar-refractivity contribution >= 4 is 10.9 Å². The number of nitrogens with one attached hydrogen (secondary N) is 1. The maximum atomic E-state index is 8.84. The molecule has 3 rings (SSSR count). The third-order valence-electron chi connectivity index (χ3n) is 4.09. The number of benzene rings is 1. The van der Waals surface area contributed by atoms with Crippen LogP contribution in [-0.2, 0) is 6.42 Å². The Morgan fingerprint density at radius 3 is 2.78 bits per heavy atom. The van der Waals surface area contributed by atoms with E-state index in [4.69, 9.17) is 10.00 Å². The van der Waals surface area contributed by atoms with Crippen LogP contribution in [0.1, 0.15) is 38.7 Å². The minimum Gasteiger partial charge on any atom is -0.494 e. The van der Waals surface area contributed by atoms with Crippen molar-refractivity contribution < 1.29 is 4.74 Å². The number of aromatic amines is 1. The molecule has 1 saturated heterocycles. The minimum atomic E-state index is 0.429. The molecule has 0 aliphatic carbocycles. The van der Waals surface area contributed by atoms with E-state index >= 15 is 0 Å². The highest BCUT2D eigenvalue weighted by molar-refractivity contribution is 5.84. The van der Waals surface area contributed by atoms with Gasteiger partial charge in [-0.3, -0.25) is 0 Å². The monoisotopic (exact) mass is 313 g/mol. The summed E-state index contributed by atoms with van der Waals surface area (Å²) in [5.41, 5.74) is 2.10. The summed E-state index contributed by atoms with van der Waals surface area (Å²) >= 11 is 0. The molecule has 0 atom stereocenters. The Morgan fingerprint density at radius 2 is 2.04 bits per heavy atom. The molecule has 0 spiro atoms. The third kappa shape index (κ3) is 4.74. The number of H-pyrrole nitrogens is 1. The molecule has 124 valence electrons. The lowest BCUT2D eigenvalue weighted by molar-refractivity contribution is 0.263. The van der Waals surface area contributed by atoms with Crippen molar-refractivity contribution in [3.63, 3.8) is 0 Å². The van der Waals surface area contributed by atoms with E-state index in [1.54, 1.807) is 0 Å². The molecule has 1 aliphatic heterocycles. The summed E-state index contributed by atoms with van der Waals surface area (Å²) in [4.78, 5) is 5.69. The lowest BCUT2D eigenvalue weighted by atomic mass is 10.1. The highest BCUT2D eigenvalue weighted by Gasteiger charge is 2.10. The van der Waals surface area contributed by atoms with Crippen LogP contribution in [0.2, 0.25) is 0 Å². The maximum Gasteiger partial charge on any atom is 0.120 e. The summed E-state index contributed by atoms with van der Waals surface area (Å²) in [5.74, 6) is 0.891. The highest BCUT2D eigenvalue weighted by Crippen LogP contribution is 2.24. The number of ether oxygens (including phenoxy) is 1. The smallest absolute Gasteiger partial charge is 0.120 e. The SMILES string of the molecule is CC.N#CCc1c[nH]c2ccc(OCCCN3CCCC3)cc12. The quantitative estimate of drug-likeness (QED) is 0.816. The number of hydrogen-bond acceptors (Lipinski definition) is 3. The minimum absolute atomic E-state index is 0.429. The molecule has 0 saturated carbocycles. The van der Waals surface area contributed by atoms with Crippen molar-refractivity contribution in [1.82, 2.24) is 9.88 Å². The zero-order valence-electron chi connectivity index (χ0n) is 14.3. The molecule has 0 amide bonds. The lowest BCUT2D eigenvalue weighted by Crippen LogP contribution is -2.21. The zero-order chi connectivity index (χ0) is 16.5. The van der Waals surface area contributed by atoms with Gasteiger partial charge in [-0.15, -0.1) is 0 Å². The fraction of sp³-hybridized carbons (Fsp3) is 0.526. The van der Waals surface area contributed by atoms with Crippen molar-refractivity contribution in [1.29, 1.82) is 5.26 Å². The predicted octanol–water partition coefficient (Wildman–Crippen LogP) is 4.12. The van der Waals surface area contributed by atoms with Gasteiger partial charge in [0.1, 0.15) is 5.75 Å². The molecule has 2 aromatic rings. The van der Waals surface area contributed by atoms with E-state index in [2.05, 4.69) is 16.0 Å². The average Bonchev–Trinajstić information content (AvgIpc) is 3.24. The van der Waals surface area contributed by atoms with Gasteiger partial charge < -0.3 is 14.6 Å². The number of nitrogens with zero attached hydrogens (tertiary/aromatic N) is 2. The number of rotatable bonds is 6. The Balaban J connectivity index is 0.000000924. The van der Waals surface area contributed by atoms with Gasteiger partial charge in [0.25, 0.3) is 0 Å². The Labute approximate surface area is 139 Å². The molecule has 1 N–H and O–H groups in total. The standard InChI is InChI=1S/C17H21N3O.C2H6/c18-7-6-14-13-19-17-5-4-15(12-16(14)17)21-11-3-10-20-8-1-2-9-20;1-2/h4-5,12-13,19H,1-3,6,8-11H2;1-2H3. The van der Waals surface area contributed by atoms with E-state index in [-0.39, 0.29) is 0 Å². The van der Waals surface area contributed by atoms with E-state index in [1.165, 1.54) is 25.9 Å². The number of hydrogen-bond donors (Lipinski definition) is 1. The van der Waals surface area contributed by atoms with E-state index in [1.807, 2.05) is 38.2 Å². The molecule has 1 aromatic heterocycles. The summed E-state index contributed by atoms with van der Waals surface area (Å²) in [6, 6.07) is 8.25. The number of likely N-dealkylation sites (tertiary alicyclic amines) is 1. The molecule has 1 aliphatic rings. The van der Waals surface area contributed by atoms with Gasteiger partial charge in [-0.05, 0) is 56.1 Å². The first-order valence-electron chi connectivity index (χ1n) is 8.69. The third-order valence-corrected chi connectivity index (χ3v) is 4.09. The highest BCUT2D eigenvalue weighted by atomic mass is 16.5. The molecule has 0 bridgehead atoms. The second-order valence-electron chi connectivity index (χ2n) is 5.61. The van der Waals surface area contributed by atoms with Gasteiger partial charge in [0.05, 0.1) is 19.1 Å². The summed E-state index contributed by atoms with van der Waals surface area (Å²) in [7, 11) is 0. The molecular formula is C19H27N3O. The normalized spacial score (nSPS) is 14.3. The maximum absolute atomic E-state index is 8.84. The fourth-order valence-corrected chi connectivity index (χ4v) is 2.96. The van der Waals surface area contributed by atoms with Gasteiger partial charge in [-0.2, -0.15) is 5.26 Å². The summed E-state index contributed by atoms with van der Waals surface area (Å²) < 4.78 is 5.85. The van der Waals surface area contributed by atoms with Crippen LogP contribution < -0.4 is 4.74 Å². The Hall–Kier alpha value is -1.99. The second kappa shape index (κ2) is 9.22. The molecule has 0 radical (unpaired) electrons. The Kier molecular flexibility index (Phi) is 6.96. The predicted molar refractivity (Wildman–Crippen MR) is 94.7 cm³/mol. The van der Waals surface area contributed by atoms with Gasteiger partial charge in [0, 0.05) is 23.6 Å².